The number of aliphatic hydroxyl groups is 3. The van der Waals surface area contributed by atoms with Gasteiger partial charge in [0.1, 0.15) is 12.2 Å². The first-order chi connectivity index (χ1) is 19.5. The zero-order valence-corrected chi connectivity index (χ0v) is 22.8. The van der Waals surface area contributed by atoms with E-state index in [9.17, 15) is 42.1 Å². The van der Waals surface area contributed by atoms with E-state index in [-0.39, 0.29) is 32.2 Å². The lowest BCUT2D eigenvalue weighted by Gasteiger charge is -2.34. The molecule has 5 atom stereocenters. The normalized spacial score (nSPS) is 21.6. The van der Waals surface area contributed by atoms with Gasteiger partial charge in [-0.15, -0.1) is 0 Å². The van der Waals surface area contributed by atoms with Crippen molar-refractivity contribution in [2.75, 3.05) is 33.0 Å². The maximum atomic E-state index is 13.6. The molecule has 0 radical (unpaired) electrons. The number of benzene rings is 1. The first-order valence-electron chi connectivity index (χ1n) is 12.8. The fourth-order valence-electron chi connectivity index (χ4n) is 3.61. The average Bonchev–Trinajstić information content (AvgIpc) is 2.96. The largest absolute Gasteiger partial charge is 0.420 e. The van der Waals surface area contributed by atoms with E-state index >= 15 is 0 Å². The molecule has 1 heterocycles. The summed E-state index contributed by atoms with van der Waals surface area (Å²) in [6.07, 6.45) is -1.60. The van der Waals surface area contributed by atoms with E-state index < -0.39 is 71.8 Å². The van der Waals surface area contributed by atoms with Crippen LogP contribution >= 0.6 is 0 Å². The second-order valence-corrected chi connectivity index (χ2v) is 8.97. The molecule has 41 heavy (non-hydrogen) atoms. The highest BCUT2D eigenvalue weighted by Gasteiger charge is 2.36. The van der Waals surface area contributed by atoms with Gasteiger partial charge in [-0.3, -0.25) is 4.79 Å². The minimum Gasteiger partial charge on any atom is -0.420 e. The molecule has 0 aliphatic carbocycles. The summed E-state index contributed by atoms with van der Waals surface area (Å²) in [7, 11) is 0. The van der Waals surface area contributed by atoms with Crippen LogP contribution in [0.15, 0.2) is 11.8 Å². The monoisotopic (exact) mass is 600 g/mol. The lowest BCUT2D eigenvalue weighted by Crippen LogP contribution is -2.50. The summed E-state index contributed by atoms with van der Waals surface area (Å²) in [5.74, 6) is -13.9. The Hall–Kier alpha value is -2.69. The predicted octanol–water partition coefficient (Wildman–Crippen LogP) is 2.72. The lowest BCUT2D eigenvalue weighted by molar-refractivity contribution is -0.242. The summed E-state index contributed by atoms with van der Waals surface area (Å²) >= 11 is 0. The number of halogens is 5. The van der Waals surface area contributed by atoms with Crippen molar-refractivity contribution in [1.82, 2.24) is 5.32 Å². The Balaban J connectivity index is 0.00000411. The van der Waals surface area contributed by atoms with Gasteiger partial charge in [-0.2, -0.15) is 8.78 Å². The first-order valence-corrected chi connectivity index (χ1v) is 12.8. The highest BCUT2D eigenvalue weighted by Crippen LogP contribution is 2.29. The minimum absolute atomic E-state index is 0.00288. The van der Waals surface area contributed by atoms with Crippen molar-refractivity contribution < 1.29 is 61.0 Å². The molecule has 5 unspecified atom stereocenters. The third-order valence-electron chi connectivity index (χ3n) is 6.13. The molecule has 2 rings (SSSR count). The lowest BCUT2D eigenvalue weighted by atomic mass is 9.97. The fourth-order valence-corrected chi connectivity index (χ4v) is 3.61. The fraction of sp³-hybridized carbons (Fsp3) is 0.615. The van der Waals surface area contributed by atoms with Gasteiger partial charge < -0.3 is 45.0 Å². The Bertz CT molecular complexity index is 974. The van der Waals surface area contributed by atoms with Crippen LogP contribution in [0.3, 0.4) is 0 Å². The number of rotatable bonds is 15. The van der Waals surface area contributed by atoms with Gasteiger partial charge in [-0.1, -0.05) is 13.8 Å². The number of aliphatic hydroxyl groups excluding tert-OH is 3. The van der Waals surface area contributed by atoms with Crippen molar-refractivity contribution in [3.63, 3.8) is 0 Å². The summed E-state index contributed by atoms with van der Waals surface area (Å²) < 4.78 is 86.9. The van der Waals surface area contributed by atoms with Crippen molar-refractivity contribution >= 4 is 12.7 Å². The molecule has 1 saturated heterocycles. The molecular formula is C26H37F5N2O8. The van der Waals surface area contributed by atoms with Crippen LogP contribution in [0.25, 0.3) is 0 Å². The minimum atomic E-state index is -2.35. The van der Waals surface area contributed by atoms with Crippen molar-refractivity contribution in [2.45, 2.75) is 64.1 Å². The highest BCUT2D eigenvalue weighted by molar-refractivity contribution is 5.72. The van der Waals surface area contributed by atoms with E-state index in [1.54, 1.807) is 6.20 Å². The van der Waals surface area contributed by atoms with Crippen LogP contribution in [0, 0.1) is 40.4 Å². The van der Waals surface area contributed by atoms with Crippen LogP contribution in [0.5, 0.6) is 5.75 Å². The van der Waals surface area contributed by atoms with E-state index in [1.807, 2.05) is 13.8 Å². The summed E-state index contributed by atoms with van der Waals surface area (Å²) in [6.45, 7) is 7.10. The van der Waals surface area contributed by atoms with Gasteiger partial charge in [-0.25, -0.2) is 13.2 Å². The predicted molar refractivity (Wildman–Crippen MR) is 136 cm³/mol. The molecule has 1 aromatic carbocycles. The Morgan fingerprint density at radius 3 is 2.22 bits per heavy atom. The molecular weight excluding hydrogens is 563 g/mol. The Labute approximate surface area is 234 Å². The molecule has 0 saturated carbocycles. The van der Waals surface area contributed by atoms with E-state index in [4.69, 9.17) is 19.6 Å². The van der Waals surface area contributed by atoms with Gasteiger partial charge in [-0.05, 0) is 37.3 Å². The average molecular weight is 601 g/mol. The molecule has 0 amide bonds. The number of nitrogens with one attached hydrogen (secondary N) is 2. The number of hydrogen-bond acceptors (Lipinski definition) is 10. The summed E-state index contributed by atoms with van der Waals surface area (Å²) in [4.78, 5) is 11.7. The maximum absolute atomic E-state index is 13.6. The van der Waals surface area contributed by atoms with Crippen LogP contribution in [-0.4, -0.2) is 85.6 Å². The van der Waals surface area contributed by atoms with Gasteiger partial charge in [0.05, 0.1) is 39.0 Å². The van der Waals surface area contributed by atoms with Crippen molar-refractivity contribution in [3.05, 3.63) is 40.9 Å². The molecule has 0 bridgehead atoms. The summed E-state index contributed by atoms with van der Waals surface area (Å²) in [6, 6.07) is 0. The van der Waals surface area contributed by atoms with Crippen LogP contribution in [0.4, 0.5) is 22.0 Å². The zero-order chi connectivity index (χ0) is 31.1. The van der Waals surface area contributed by atoms with Gasteiger partial charge in [0.2, 0.25) is 34.8 Å². The number of esters is 1. The smallest absolute Gasteiger partial charge is 0.313 e. The number of carbonyl (C=O) groups is 1. The molecule has 0 spiro atoms. The number of carbonyl (C=O) groups excluding carboxylic acids is 1. The molecule has 0 aromatic heterocycles. The van der Waals surface area contributed by atoms with E-state index in [0.717, 1.165) is 12.0 Å². The third-order valence-corrected chi connectivity index (χ3v) is 6.13. The van der Waals surface area contributed by atoms with Crippen molar-refractivity contribution in [2.24, 2.45) is 5.92 Å². The second kappa shape index (κ2) is 18.7. The van der Waals surface area contributed by atoms with Gasteiger partial charge >= 0.3 is 5.97 Å². The second-order valence-electron chi connectivity index (χ2n) is 8.97. The molecule has 234 valence electrons. The molecule has 1 aliphatic heterocycles. The van der Waals surface area contributed by atoms with Crippen molar-refractivity contribution in [3.8, 4) is 5.75 Å². The van der Waals surface area contributed by atoms with Crippen LogP contribution in [-0.2, 0) is 19.0 Å². The van der Waals surface area contributed by atoms with Crippen molar-refractivity contribution in [1.29, 1.82) is 5.41 Å². The van der Waals surface area contributed by atoms with Gasteiger partial charge in [0, 0.05) is 13.0 Å². The standard InChI is InChI=1S/C25H34F5NO8.CH3N/c1-3-13(2)14(4-7-37-12-16-24(35)15(32)10-18(34)38-16)11-31-6-9-36-8-5-17(33)39-25-22(29)20(27)19(26)21(28)23(25)30;1-2/h11,13,15-16,18,24,31-32,34-35H,3-10,12H2,1-2H3;2H,1H2/b14-11-;. The molecule has 1 aromatic rings. The first kappa shape index (κ1) is 36.3. The topological polar surface area (TPSA) is 151 Å². The zero-order valence-electron chi connectivity index (χ0n) is 22.8. The Morgan fingerprint density at radius 1 is 1.02 bits per heavy atom. The molecule has 15 heteroatoms. The molecule has 10 nitrogen and oxygen atoms in total. The number of hydrogen-bond donors (Lipinski definition) is 5. The van der Waals surface area contributed by atoms with E-state index in [1.165, 1.54) is 0 Å². The van der Waals surface area contributed by atoms with E-state index in [0.29, 0.717) is 19.6 Å². The summed E-state index contributed by atoms with van der Waals surface area (Å²) in [5.41, 5.74) is 1.04. The van der Waals surface area contributed by atoms with Gasteiger partial charge in [0.25, 0.3) is 0 Å². The van der Waals surface area contributed by atoms with Crippen LogP contribution in [0.1, 0.15) is 39.5 Å². The third kappa shape index (κ3) is 11.2. The molecule has 1 aliphatic rings. The summed E-state index contributed by atoms with van der Waals surface area (Å²) in [5, 5.41) is 37.8. The molecule has 1 fully saturated rings. The van der Waals surface area contributed by atoms with Crippen LogP contribution < -0.4 is 10.1 Å². The molecule has 5 N–H and O–H groups in total. The van der Waals surface area contributed by atoms with Crippen LogP contribution in [0.2, 0.25) is 0 Å². The maximum Gasteiger partial charge on any atom is 0.313 e. The highest BCUT2D eigenvalue weighted by atomic mass is 19.2. The van der Waals surface area contributed by atoms with Gasteiger partial charge in [0.15, 0.2) is 6.29 Å². The number of ether oxygens (including phenoxy) is 4. The SMILES string of the molecule is C=N.CCC(C)/C(=C\NCCOCCC(=O)Oc1c(F)c(F)c(F)c(F)c1F)CCOCC1OC(O)CC(O)C1O. The quantitative estimate of drug-likeness (QED) is 0.0390. The Kier molecular flexibility index (Phi) is 16.6. The Morgan fingerprint density at radius 2 is 1.61 bits per heavy atom. The van der Waals surface area contributed by atoms with E-state index in [2.05, 4.69) is 16.8 Å².